The summed E-state index contributed by atoms with van der Waals surface area (Å²) in [4.78, 5) is 12.3. The monoisotopic (exact) mass is 413 g/mol. The summed E-state index contributed by atoms with van der Waals surface area (Å²) in [7, 11) is 0. The molecule has 1 N–H and O–H groups in total. The van der Waals surface area contributed by atoms with Crippen molar-refractivity contribution in [1.29, 1.82) is 0 Å². The standard InChI is InChI=1S/C23H21Cl2NO2/c1-3-15(2)18-6-4-5-7-21(18)26-23(27)13-10-17-9-12-22(28-17)19-11-8-16(24)14-20(19)25/h4-15H,3H2,1-2H3,(H,26,27)/b13-10+/t15-/m1/s1. The molecule has 0 saturated heterocycles. The van der Waals surface area contributed by atoms with E-state index in [9.17, 15) is 4.79 Å². The SMILES string of the molecule is CC[C@@H](C)c1ccccc1NC(=O)/C=C/c1ccc(-c2ccc(Cl)cc2Cl)o1. The lowest BCUT2D eigenvalue weighted by atomic mass is 9.97. The van der Waals surface area contributed by atoms with E-state index in [0.29, 0.717) is 27.5 Å². The van der Waals surface area contributed by atoms with Crippen LogP contribution in [0.5, 0.6) is 0 Å². The van der Waals surface area contributed by atoms with Gasteiger partial charge in [-0.25, -0.2) is 0 Å². The minimum absolute atomic E-state index is 0.210. The maximum absolute atomic E-state index is 12.3. The van der Waals surface area contributed by atoms with Crippen LogP contribution in [0.2, 0.25) is 10.0 Å². The van der Waals surface area contributed by atoms with Gasteiger partial charge >= 0.3 is 0 Å². The first-order valence-corrected chi connectivity index (χ1v) is 9.86. The molecule has 3 nitrogen and oxygen atoms in total. The smallest absolute Gasteiger partial charge is 0.248 e. The molecule has 0 aliphatic carbocycles. The predicted octanol–water partition coefficient (Wildman–Crippen LogP) is 7.42. The molecule has 0 aliphatic heterocycles. The van der Waals surface area contributed by atoms with Gasteiger partial charge in [0.25, 0.3) is 0 Å². The Morgan fingerprint density at radius 2 is 1.93 bits per heavy atom. The molecule has 0 saturated carbocycles. The molecule has 1 amide bonds. The van der Waals surface area contributed by atoms with Crippen molar-refractivity contribution in [2.45, 2.75) is 26.2 Å². The van der Waals surface area contributed by atoms with Gasteiger partial charge in [-0.1, -0.05) is 55.2 Å². The first-order chi connectivity index (χ1) is 13.5. The Morgan fingerprint density at radius 1 is 1.14 bits per heavy atom. The van der Waals surface area contributed by atoms with Crippen LogP contribution in [-0.2, 0) is 4.79 Å². The van der Waals surface area contributed by atoms with Gasteiger partial charge in [-0.2, -0.15) is 0 Å². The van der Waals surface area contributed by atoms with Gasteiger partial charge in [-0.05, 0) is 60.4 Å². The average molecular weight is 414 g/mol. The molecule has 3 aromatic rings. The van der Waals surface area contributed by atoms with Crippen LogP contribution < -0.4 is 5.32 Å². The molecule has 0 aliphatic rings. The van der Waals surface area contributed by atoms with E-state index in [-0.39, 0.29) is 5.91 Å². The molecule has 0 bridgehead atoms. The Bertz CT molecular complexity index is 1010. The van der Waals surface area contributed by atoms with Crippen LogP contribution in [0, 0.1) is 0 Å². The third-order valence-electron chi connectivity index (χ3n) is 4.58. The first kappa shape index (κ1) is 20.2. The number of anilines is 1. The van der Waals surface area contributed by atoms with Crippen LogP contribution in [0.1, 0.15) is 37.5 Å². The molecule has 2 aromatic carbocycles. The minimum Gasteiger partial charge on any atom is -0.457 e. The van der Waals surface area contributed by atoms with E-state index in [4.69, 9.17) is 27.6 Å². The zero-order valence-electron chi connectivity index (χ0n) is 15.7. The number of furan rings is 1. The van der Waals surface area contributed by atoms with Gasteiger partial charge in [-0.15, -0.1) is 0 Å². The van der Waals surface area contributed by atoms with Crippen LogP contribution >= 0.6 is 23.2 Å². The molecule has 5 heteroatoms. The number of nitrogens with one attached hydrogen (secondary N) is 1. The van der Waals surface area contributed by atoms with Gasteiger partial charge in [0.1, 0.15) is 11.5 Å². The van der Waals surface area contributed by atoms with Crippen LogP contribution in [0.15, 0.2) is 65.1 Å². The van der Waals surface area contributed by atoms with Crippen LogP contribution in [0.25, 0.3) is 17.4 Å². The second-order valence-corrected chi connectivity index (χ2v) is 7.39. The summed E-state index contributed by atoms with van der Waals surface area (Å²) < 4.78 is 5.78. The number of hydrogen-bond acceptors (Lipinski definition) is 2. The molecular weight excluding hydrogens is 393 g/mol. The molecule has 0 radical (unpaired) electrons. The van der Waals surface area contributed by atoms with Crippen molar-refractivity contribution >= 4 is 40.9 Å². The maximum Gasteiger partial charge on any atom is 0.248 e. The third kappa shape index (κ3) is 4.86. The summed E-state index contributed by atoms with van der Waals surface area (Å²) in [6.07, 6.45) is 4.10. The number of carbonyl (C=O) groups is 1. The van der Waals surface area contributed by atoms with Crippen molar-refractivity contribution in [2.24, 2.45) is 0 Å². The lowest BCUT2D eigenvalue weighted by Gasteiger charge is -2.14. The number of hydrogen-bond donors (Lipinski definition) is 1. The van der Waals surface area contributed by atoms with Crippen molar-refractivity contribution < 1.29 is 9.21 Å². The van der Waals surface area contributed by atoms with E-state index in [1.165, 1.54) is 6.08 Å². The van der Waals surface area contributed by atoms with Crippen molar-refractivity contribution in [1.82, 2.24) is 0 Å². The normalized spacial score (nSPS) is 12.3. The number of para-hydroxylation sites is 1. The fourth-order valence-corrected chi connectivity index (χ4v) is 3.37. The Labute approximate surface area is 175 Å². The topological polar surface area (TPSA) is 42.2 Å². The summed E-state index contributed by atoms with van der Waals surface area (Å²) in [6, 6.07) is 16.7. The number of carbonyl (C=O) groups excluding carboxylic acids is 1. The fourth-order valence-electron chi connectivity index (χ4n) is 2.87. The van der Waals surface area contributed by atoms with Gasteiger partial charge in [0.2, 0.25) is 5.91 Å². The maximum atomic E-state index is 12.3. The highest BCUT2D eigenvalue weighted by atomic mass is 35.5. The Kier molecular flexibility index (Phi) is 6.61. The van der Waals surface area contributed by atoms with Gasteiger partial charge in [0.15, 0.2) is 0 Å². The number of halogens is 2. The second-order valence-electron chi connectivity index (χ2n) is 6.55. The molecule has 1 heterocycles. The van der Waals surface area contributed by atoms with Crippen molar-refractivity contribution in [2.75, 3.05) is 5.32 Å². The van der Waals surface area contributed by atoms with Gasteiger partial charge < -0.3 is 9.73 Å². The van der Waals surface area contributed by atoms with E-state index < -0.39 is 0 Å². The second kappa shape index (κ2) is 9.13. The first-order valence-electron chi connectivity index (χ1n) is 9.11. The zero-order chi connectivity index (χ0) is 20.1. The Hall–Kier alpha value is -2.49. The van der Waals surface area contributed by atoms with Crippen molar-refractivity contribution in [3.05, 3.63) is 82.0 Å². The van der Waals surface area contributed by atoms with E-state index >= 15 is 0 Å². The summed E-state index contributed by atoms with van der Waals surface area (Å²) >= 11 is 12.1. The van der Waals surface area contributed by atoms with Crippen molar-refractivity contribution in [3.8, 4) is 11.3 Å². The summed E-state index contributed by atoms with van der Waals surface area (Å²) in [5.74, 6) is 1.34. The van der Waals surface area contributed by atoms with E-state index in [1.807, 2.05) is 30.3 Å². The molecule has 1 aromatic heterocycles. The molecule has 28 heavy (non-hydrogen) atoms. The lowest BCUT2D eigenvalue weighted by Crippen LogP contribution is -2.10. The summed E-state index contributed by atoms with van der Waals surface area (Å²) in [6.45, 7) is 4.28. The molecular formula is C23H21Cl2NO2. The number of benzene rings is 2. The van der Waals surface area contributed by atoms with Gasteiger partial charge in [0.05, 0.1) is 5.02 Å². The highest BCUT2D eigenvalue weighted by Crippen LogP contribution is 2.32. The van der Waals surface area contributed by atoms with Crippen molar-refractivity contribution in [3.63, 3.8) is 0 Å². The molecule has 3 rings (SSSR count). The Morgan fingerprint density at radius 3 is 2.68 bits per heavy atom. The predicted molar refractivity (Wildman–Crippen MR) is 117 cm³/mol. The molecule has 0 spiro atoms. The van der Waals surface area contributed by atoms with Crippen LogP contribution in [-0.4, -0.2) is 5.91 Å². The van der Waals surface area contributed by atoms with E-state index in [0.717, 1.165) is 23.2 Å². The van der Waals surface area contributed by atoms with Gasteiger partial charge in [-0.3, -0.25) is 4.79 Å². The number of rotatable bonds is 6. The molecule has 0 unspecified atom stereocenters. The summed E-state index contributed by atoms with van der Waals surface area (Å²) in [5, 5.41) is 4.02. The minimum atomic E-state index is -0.210. The number of amides is 1. The average Bonchev–Trinajstić information content (AvgIpc) is 3.15. The molecule has 1 atom stereocenters. The molecule has 0 fully saturated rings. The van der Waals surface area contributed by atoms with E-state index in [1.54, 1.807) is 30.3 Å². The zero-order valence-corrected chi connectivity index (χ0v) is 17.2. The van der Waals surface area contributed by atoms with Crippen LogP contribution in [0.4, 0.5) is 5.69 Å². The van der Waals surface area contributed by atoms with E-state index in [2.05, 4.69) is 19.2 Å². The van der Waals surface area contributed by atoms with Gasteiger partial charge in [0, 0.05) is 22.3 Å². The fraction of sp³-hybridized carbons (Fsp3) is 0.174. The highest BCUT2D eigenvalue weighted by molar-refractivity contribution is 6.36. The highest BCUT2D eigenvalue weighted by Gasteiger charge is 2.11. The Balaban J connectivity index is 1.71. The lowest BCUT2D eigenvalue weighted by molar-refractivity contribution is -0.111. The largest absolute Gasteiger partial charge is 0.457 e. The molecule has 144 valence electrons. The third-order valence-corrected chi connectivity index (χ3v) is 5.13. The van der Waals surface area contributed by atoms with Crippen LogP contribution in [0.3, 0.4) is 0 Å². The summed E-state index contributed by atoms with van der Waals surface area (Å²) in [5.41, 5.74) is 2.71. The quantitative estimate of drug-likeness (QED) is 0.427.